The predicted octanol–water partition coefficient (Wildman–Crippen LogP) is 1.87. The van der Waals surface area contributed by atoms with Crippen LogP contribution in [-0.4, -0.2) is 35.5 Å². The van der Waals surface area contributed by atoms with Crippen LogP contribution in [0.1, 0.15) is 6.92 Å². The van der Waals surface area contributed by atoms with E-state index < -0.39 is 4.92 Å². The van der Waals surface area contributed by atoms with E-state index >= 15 is 0 Å². The highest BCUT2D eigenvalue weighted by Crippen LogP contribution is 2.32. The highest BCUT2D eigenvalue weighted by molar-refractivity contribution is 6.30. The van der Waals surface area contributed by atoms with Gasteiger partial charge in [-0.2, -0.15) is 0 Å². The Bertz CT molecular complexity index is 506. The maximum absolute atomic E-state index is 11.6. The Labute approximate surface area is 109 Å². The molecule has 0 radical (unpaired) electrons. The molecule has 1 aliphatic rings. The molecule has 0 unspecified atom stereocenters. The number of likely N-dealkylation sites (N-methyl/N-ethyl adjacent to an activating group) is 1. The number of amides is 1. The second-order valence-electron chi connectivity index (χ2n) is 3.98. The molecule has 1 saturated heterocycles. The summed E-state index contributed by atoms with van der Waals surface area (Å²) in [6.45, 7) is 3.00. The van der Waals surface area contributed by atoms with Crippen LogP contribution in [-0.2, 0) is 4.79 Å². The summed E-state index contributed by atoms with van der Waals surface area (Å²) in [6.07, 6.45) is 0. The molecule has 0 aliphatic carbocycles. The number of hydrogen-bond acceptors (Lipinski definition) is 4. The third-order valence-corrected chi connectivity index (χ3v) is 3.11. The van der Waals surface area contributed by atoms with Crippen molar-refractivity contribution in [1.82, 2.24) is 4.90 Å². The number of benzene rings is 1. The van der Waals surface area contributed by atoms with Gasteiger partial charge in [0, 0.05) is 17.6 Å². The number of anilines is 1. The monoisotopic (exact) mass is 269 g/mol. The van der Waals surface area contributed by atoms with Gasteiger partial charge >= 0.3 is 0 Å². The maximum Gasteiger partial charge on any atom is 0.294 e. The zero-order valence-electron chi connectivity index (χ0n) is 9.80. The molecule has 1 fully saturated rings. The van der Waals surface area contributed by atoms with Crippen molar-refractivity contribution in [3.63, 3.8) is 0 Å². The molecule has 2 rings (SSSR count). The van der Waals surface area contributed by atoms with Gasteiger partial charge in [-0.25, -0.2) is 0 Å². The summed E-state index contributed by atoms with van der Waals surface area (Å²) >= 11 is 5.75. The molecular formula is C11H12ClN3O3. The van der Waals surface area contributed by atoms with Crippen LogP contribution >= 0.6 is 11.6 Å². The average Bonchev–Trinajstić information content (AvgIpc) is 2.70. The smallest absolute Gasteiger partial charge is 0.294 e. The number of carbonyl (C=O) groups excluding carboxylic acids is 1. The minimum absolute atomic E-state index is 0.0262. The number of nitro benzene ring substituents is 1. The molecule has 0 spiro atoms. The molecule has 1 amide bonds. The third-order valence-electron chi connectivity index (χ3n) is 2.88. The standard InChI is InChI=1S/C11H12ClN3O3/c1-2-13-7-14(6-11(13)16)9-4-3-8(12)5-10(9)15(17)18/h3-5H,2,6-7H2,1H3. The van der Waals surface area contributed by atoms with E-state index in [9.17, 15) is 14.9 Å². The van der Waals surface area contributed by atoms with E-state index in [1.54, 1.807) is 21.9 Å². The fraction of sp³-hybridized carbons (Fsp3) is 0.364. The Morgan fingerprint density at radius 1 is 1.50 bits per heavy atom. The number of hydrogen-bond donors (Lipinski definition) is 0. The summed E-state index contributed by atoms with van der Waals surface area (Å²) in [5.41, 5.74) is 0.349. The Kier molecular flexibility index (Phi) is 3.38. The molecule has 18 heavy (non-hydrogen) atoms. The van der Waals surface area contributed by atoms with Gasteiger partial charge in [0.2, 0.25) is 5.91 Å². The molecule has 0 aromatic heterocycles. The van der Waals surface area contributed by atoms with Crippen molar-refractivity contribution < 1.29 is 9.72 Å². The first-order valence-corrected chi connectivity index (χ1v) is 5.87. The number of rotatable bonds is 3. The van der Waals surface area contributed by atoms with Crippen LogP contribution in [0.2, 0.25) is 5.02 Å². The molecule has 96 valence electrons. The fourth-order valence-electron chi connectivity index (χ4n) is 1.95. The summed E-state index contributed by atoms with van der Waals surface area (Å²) in [6, 6.07) is 4.46. The Morgan fingerprint density at radius 3 is 2.78 bits per heavy atom. The van der Waals surface area contributed by atoms with Gasteiger partial charge in [0.15, 0.2) is 0 Å². The molecule has 1 aromatic carbocycles. The average molecular weight is 270 g/mol. The van der Waals surface area contributed by atoms with Crippen molar-refractivity contribution in [1.29, 1.82) is 0 Å². The van der Waals surface area contributed by atoms with Crippen molar-refractivity contribution in [2.45, 2.75) is 6.92 Å². The molecule has 0 N–H and O–H groups in total. The van der Waals surface area contributed by atoms with E-state index in [1.807, 2.05) is 6.92 Å². The van der Waals surface area contributed by atoms with E-state index in [0.717, 1.165) is 0 Å². The quantitative estimate of drug-likeness (QED) is 0.621. The summed E-state index contributed by atoms with van der Waals surface area (Å²) in [7, 11) is 0. The number of nitro groups is 1. The van der Waals surface area contributed by atoms with E-state index in [0.29, 0.717) is 23.9 Å². The van der Waals surface area contributed by atoms with Gasteiger partial charge in [0.1, 0.15) is 5.69 Å². The second-order valence-corrected chi connectivity index (χ2v) is 4.42. The highest BCUT2D eigenvalue weighted by atomic mass is 35.5. The maximum atomic E-state index is 11.6. The molecule has 1 aliphatic heterocycles. The minimum Gasteiger partial charge on any atom is -0.339 e. The lowest BCUT2D eigenvalue weighted by atomic mass is 10.2. The van der Waals surface area contributed by atoms with Crippen LogP contribution in [0.5, 0.6) is 0 Å². The lowest BCUT2D eigenvalue weighted by Gasteiger charge is -2.18. The molecule has 0 saturated carbocycles. The lowest BCUT2D eigenvalue weighted by Crippen LogP contribution is -2.26. The van der Waals surface area contributed by atoms with Crippen LogP contribution in [0.25, 0.3) is 0 Å². The minimum atomic E-state index is -0.486. The molecule has 0 atom stereocenters. The molecular weight excluding hydrogens is 258 g/mol. The second kappa shape index (κ2) is 4.81. The largest absolute Gasteiger partial charge is 0.339 e. The van der Waals surface area contributed by atoms with Gasteiger partial charge in [-0.1, -0.05) is 11.6 Å². The van der Waals surface area contributed by atoms with Crippen molar-refractivity contribution in [3.8, 4) is 0 Å². The zero-order valence-corrected chi connectivity index (χ0v) is 10.6. The van der Waals surface area contributed by atoms with Gasteiger partial charge in [-0.3, -0.25) is 14.9 Å². The highest BCUT2D eigenvalue weighted by Gasteiger charge is 2.30. The van der Waals surface area contributed by atoms with E-state index in [1.165, 1.54) is 6.07 Å². The number of nitrogens with zero attached hydrogens (tertiary/aromatic N) is 3. The fourth-order valence-corrected chi connectivity index (χ4v) is 2.11. The summed E-state index contributed by atoms with van der Waals surface area (Å²) < 4.78 is 0. The number of halogens is 1. The first-order chi connectivity index (χ1) is 8.52. The Morgan fingerprint density at radius 2 is 2.22 bits per heavy atom. The van der Waals surface area contributed by atoms with Gasteiger partial charge < -0.3 is 9.80 Å². The van der Waals surface area contributed by atoms with Crippen molar-refractivity contribution in [3.05, 3.63) is 33.3 Å². The van der Waals surface area contributed by atoms with Gasteiger partial charge in [-0.05, 0) is 19.1 Å². The molecule has 7 heteroatoms. The molecule has 1 aromatic rings. The van der Waals surface area contributed by atoms with Crippen molar-refractivity contribution >= 4 is 28.9 Å². The van der Waals surface area contributed by atoms with Gasteiger partial charge in [0.25, 0.3) is 5.69 Å². The lowest BCUT2D eigenvalue weighted by molar-refractivity contribution is -0.384. The Balaban J connectivity index is 2.35. The Hall–Kier alpha value is -1.82. The van der Waals surface area contributed by atoms with Crippen LogP contribution < -0.4 is 4.90 Å². The summed E-state index contributed by atoms with van der Waals surface area (Å²) in [5, 5.41) is 11.3. The van der Waals surface area contributed by atoms with Crippen molar-refractivity contribution in [2.75, 3.05) is 24.7 Å². The van der Waals surface area contributed by atoms with E-state index in [-0.39, 0.29) is 18.1 Å². The molecule has 0 bridgehead atoms. The first-order valence-electron chi connectivity index (χ1n) is 5.49. The van der Waals surface area contributed by atoms with Crippen LogP contribution in [0.4, 0.5) is 11.4 Å². The topological polar surface area (TPSA) is 66.7 Å². The SMILES string of the molecule is CCN1CN(c2ccc(Cl)cc2[N+](=O)[O-])CC1=O. The molecule has 1 heterocycles. The number of carbonyl (C=O) groups is 1. The van der Waals surface area contributed by atoms with Gasteiger partial charge in [0.05, 0.1) is 18.1 Å². The zero-order chi connectivity index (χ0) is 13.3. The van der Waals surface area contributed by atoms with Crippen LogP contribution in [0, 0.1) is 10.1 Å². The van der Waals surface area contributed by atoms with E-state index in [2.05, 4.69) is 0 Å². The van der Waals surface area contributed by atoms with Crippen LogP contribution in [0.15, 0.2) is 18.2 Å². The van der Waals surface area contributed by atoms with E-state index in [4.69, 9.17) is 11.6 Å². The molecule has 6 nitrogen and oxygen atoms in total. The summed E-state index contributed by atoms with van der Waals surface area (Å²) in [5.74, 6) is -0.0262. The van der Waals surface area contributed by atoms with Crippen LogP contribution in [0.3, 0.4) is 0 Å². The summed E-state index contributed by atoms with van der Waals surface area (Å²) in [4.78, 5) is 25.4. The van der Waals surface area contributed by atoms with Crippen molar-refractivity contribution in [2.24, 2.45) is 0 Å². The normalized spacial score (nSPS) is 15.3. The first kappa shape index (κ1) is 12.6. The third kappa shape index (κ3) is 2.24. The van der Waals surface area contributed by atoms with Gasteiger partial charge in [-0.15, -0.1) is 0 Å². The predicted molar refractivity (Wildman–Crippen MR) is 67.7 cm³/mol.